The number of nitrogens with two attached hydrogens (primary N) is 1. The van der Waals surface area contributed by atoms with Gasteiger partial charge < -0.3 is 15.8 Å². The lowest BCUT2D eigenvalue weighted by Gasteiger charge is -2.47. The zero-order valence-corrected chi connectivity index (χ0v) is 15.4. The highest BCUT2D eigenvalue weighted by Crippen LogP contribution is 2.45. The fourth-order valence-corrected chi connectivity index (χ4v) is 3.59. The molecule has 1 saturated carbocycles. The van der Waals surface area contributed by atoms with Gasteiger partial charge in [-0.3, -0.25) is 10.1 Å². The largest absolute Gasteiger partial charge is 0.443 e. The Morgan fingerprint density at radius 3 is 2.48 bits per heavy atom. The SMILES string of the molecule is CC(C)(C)C1(OC(N)=O)CCC(Nc2ccc(Cl)cc2[N+](=O)[O-])CC1. The molecule has 0 heterocycles. The summed E-state index contributed by atoms with van der Waals surface area (Å²) in [7, 11) is 0. The topological polar surface area (TPSA) is 107 Å². The van der Waals surface area contributed by atoms with Crippen LogP contribution in [0.25, 0.3) is 0 Å². The van der Waals surface area contributed by atoms with Crippen LogP contribution in [0.1, 0.15) is 46.5 Å². The summed E-state index contributed by atoms with van der Waals surface area (Å²) in [6.07, 6.45) is 1.93. The third-order valence-electron chi connectivity index (χ3n) is 4.97. The number of hydrogen-bond acceptors (Lipinski definition) is 5. The third-order valence-corrected chi connectivity index (χ3v) is 5.21. The summed E-state index contributed by atoms with van der Waals surface area (Å²) in [5.41, 5.74) is 4.79. The van der Waals surface area contributed by atoms with Gasteiger partial charge in [0.25, 0.3) is 5.69 Å². The number of benzene rings is 1. The molecule has 0 bridgehead atoms. The minimum atomic E-state index is -0.769. The van der Waals surface area contributed by atoms with E-state index >= 15 is 0 Å². The number of halogens is 1. The highest BCUT2D eigenvalue weighted by atomic mass is 35.5. The molecule has 3 N–H and O–H groups in total. The van der Waals surface area contributed by atoms with Gasteiger partial charge in [0.15, 0.2) is 0 Å². The van der Waals surface area contributed by atoms with Crippen molar-refractivity contribution >= 4 is 29.1 Å². The minimum Gasteiger partial charge on any atom is -0.443 e. The quantitative estimate of drug-likeness (QED) is 0.600. The lowest BCUT2D eigenvalue weighted by molar-refractivity contribution is -0.384. The molecule has 0 saturated heterocycles. The second-order valence-electron chi connectivity index (χ2n) is 7.50. The highest BCUT2D eigenvalue weighted by molar-refractivity contribution is 6.30. The van der Waals surface area contributed by atoms with Crippen LogP contribution in [0, 0.1) is 15.5 Å². The summed E-state index contributed by atoms with van der Waals surface area (Å²) < 4.78 is 5.50. The molecule has 138 valence electrons. The summed E-state index contributed by atoms with van der Waals surface area (Å²) in [4.78, 5) is 22.1. The van der Waals surface area contributed by atoms with Crippen molar-refractivity contribution in [3.05, 3.63) is 33.3 Å². The fraction of sp³-hybridized carbons (Fsp3) is 0.588. The van der Waals surface area contributed by atoms with Gasteiger partial charge in [0.1, 0.15) is 11.3 Å². The number of rotatable bonds is 4. The average molecular weight is 370 g/mol. The smallest absolute Gasteiger partial charge is 0.405 e. The van der Waals surface area contributed by atoms with Gasteiger partial charge in [-0.25, -0.2) is 4.79 Å². The molecule has 0 atom stereocenters. The predicted molar refractivity (Wildman–Crippen MR) is 96.8 cm³/mol. The van der Waals surface area contributed by atoms with Crippen LogP contribution in [-0.4, -0.2) is 22.7 Å². The summed E-state index contributed by atoms with van der Waals surface area (Å²) in [5, 5.41) is 14.8. The molecule has 1 fully saturated rings. The summed E-state index contributed by atoms with van der Waals surface area (Å²) >= 11 is 5.85. The van der Waals surface area contributed by atoms with E-state index in [-0.39, 0.29) is 17.1 Å². The Hall–Kier alpha value is -2.02. The number of nitro groups is 1. The van der Waals surface area contributed by atoms with Gasteiger partial charge in [-0.2, -0.15) is 0 Å². The first-order valence-corrected chi connectivity index (χ1v) is 8.61. The monoisotopic (exact) mass is 369 g/mol. The first kappa shape index (κ1) is 19.3. The summed E-state index contributed by atoms with van der Waals surface area (Å²) in [6.45, 7) is 6.06. The normalized spacial score (nSPS) is 23.8. The Morgan fingerprint density at radius 2 is 2.00 bits per heavy atom. The summed E-state index contributed by atoms with van der Waals surface area (Å²) in [6, 6.07) is 4.62. The van der Waals surface area contributed by atoms with Crippen LogP contribution in [0.3, 0.4) is 0 Å². The van der Waals surface area contributed by atoms with Gasteiger partial charge in [-0.05, 0) is 37.8 Å². The van der Waals surface area contributed by atoms with Crippen LogP contribution in [0.4, 0.5) is 16.2 Å². The van der Waals surface area contributed by atoms with Crippen LogP contribution >= 0.6 is 11.6 Å². The maximum atomic E-state index is 11.3. The molecule has 0 aliphatic heterocycles. The van der Waals surface area contributed by atoms with E-state index in [4.69, 9.17) is 22.1 Å². The second kappa shape index (κ2) is 7.07. The van der Waals surface area contributed by atoms with E-state index in [0.717, 1.165) is 0 Å². The van der Waals surface area contributed by atoms with Crippen molar-refractivity contribution in [1.82, 2.24) is 0 Å². The molecule has 0 spiro atoms. The Morgan fingerprint density at radius 1 is 1.40 bits per heavy atom. The standard InChI is InChI=1S/C17H24ClN3O4/c1-16(2,3)17(25-15(19)22)8-6-12(7-9-17)20-13-5-4-11(18)10-14(13)21(23)24/h4-5,10,12,20H,6-9H2,1-3H3,(H2,19,22). The molecule has 0 unspecified atom stereocenters. The summed E-state index contributed by atoms with van der Waals surface area (Å²) in [5.74, 6) is 0. The van der Waals surface area contributed by atoms with Gasteiger partial charge in [0, 0.05) is 22.5 Å². The number of nitrogens with one attached hydrogen (secondary N) is 1. The van der Waals surface area contributed by atoms with E-state index in [2.05, 4.69) is 5.32 Å². The van der Waals surface area contributed by atoms with Crippen LogP contribution in [0.2, 0.25) is 5.02 Å². The third kappa shape index (κ3) is 4.34. The molecule has 8 heteroatoms. The van der Waals surface area contributed by atoms with Gasteiger partial charge in [-0.15, -0.1) is 0 Å². The number of carbonyl (C=O) groups is 1. The zero-order valence-electron chi connectivity index (χ0n) is 14.7. The van der Waals surface area contributed by atoms with Crippen molar-refractivity contribution in [2.45, 2.75) is 58.1 Å². The molecule has 1 aliphatic carbocycles. The minimum absolute atomic E-state index is 0.0476. The molecule has 1 aliphatic rings. The number of anilines is 1. The molecule has 25 heavy (non-hydrogen) atoms. The molecular formula is C17H24ClN3O4. The van der Waals surface area contributed by atoms with Gasteiger partial charge in [-0.1, -0.05) is 32.4 Å². The van der Waals surface area contributed by atoms with E-state index in [1.165, 1.54) is 6.07 Å². The lowest BCUT2D eigenvalue weighted by Crippen LogP contribution is -2.51. The highest BCUT2D eigenvalue weighted by Gasteiger charge is 2.47. The van der Waals surface area contributed by atoms with Crippen LogP contribution in [-0.2, 0) is 4.74 Å². The van der Waals surface area contributed by atoms with Gasteiger partial charge in [0.2, 0.25) is 0 Å². The molecule has 0 radical (unpaired) electrons. The van der Waals surface area contributed by atoms with E-state index in [9.17, 15) is 14.9 Å². The number of primary amides is 1. The number of nitro benzene ring substituents is 1. The number of amides is 1. The van der Waals surface area contributed by atoms with Gasteiger partial charge in [0.05, 0.1) is 4.92 Å². The predicted octanol–water partition coefficient (Wildman–Crippen LogP) is 4.48. The second-order valence-corrected chi connectivity index (χ2v) is 7.94. The van der Waals surface area contributed by atoms with Crippen molar-refractivity contribution in [2.24, 2.45) is 11.1 Å². The van der Waals surface area contributed by atoms with Crippen LogP contribution < -0.4 is 11.1 Å². The molecule has 0 aromatic heterocycles. The van der Waals surface area contributed by atoms with E-state index in [1.807, 2.05) is 20.8 Å². The number of carbonyl (C=O) groups excluding carboxylic acids is 1. The number of nitrogens with zero attached hydrogens (tertiary/aromatic N) is 1. The Kier molecular flexibility index (Phi) is 5.46. The Bertz CT molecular complexity index is 664. The van der Waals surface area contributed by atoms with Crippen molar-refractivity contribution in [3.8, 4) is 0 Å². The lowest BCUT2D eigenvalue weighted by atomic mass is 9.67. The number of hydrogen-bond donors (Lipinski definition) is 2. The Labute approximate surface area is 152 Å². The molecule has 2 rings (SSSR count). The van der Waals surface area contributed by atoms with Crippen LogP contribution in [0.15, 0.2) is 18.2 Å². The first-order chi connectivity index (χ1) is 11.5. The Balaban J connectivity index is 2.12. The first-order valence-electron chi connectivity index (χ1n) is 8.23. The van der Waals surface area contributed by atoms with E-state index in [1.54, 1.807) is 12.1 Å². The van der Waals surface area contributed by atoms with E-state index in [0.29, 0.717) is 36.4 Å². The maximum absolute atomic E-state index is 11.3. The zero-order chi connectivity index (χ0) is 18.8. The molecular weight excluding hydrogens is 346 g/mol. The molecule has 1 aromatic rings. The van der Waals surface area contributed by atoms with Crippen LogP contribution in [0.5, 0.6) is 0 Å². The molecule has 7 nitrogen and oxygen atoms in total. The average Bonchev–Trinajstić information content (AvgIpc) is 2.49. The molecule has 1 aromatic carbocycles. The van der Waals surface area contributed by atoms with Crippen molar-refractivity contribution in [3.63, 3.8) is 0 Å². The van der Waals surface area contributed by atoms with Crippen molar-refractivity contribution in [1.29, 1.82) is 0 Å². The van der Waals surface area contributed by atoms with Gasteiger partial charge >= 0.3 is 6.09 Å². The van der Waals surface area contributed by atoms with Crippen molar-refractivity contribution in [2.75, 3.05) is 5.32 Å². The van der Waals surface area contributed by atoms with E-state index < -0.39 is 16.6 Å². The number of ether oxygens (including phenoxy) is 1. The molecule has 1 amide bonds. The maximum Gasteiger partial charge on any atom is 0.405 e. The fourth-order valence-electron chi connectivity index (χ4n) is 3.42. The van der Waals surface area contributed by atoms with Crippen molar-refractivity contribution < 1.29 is 14.5 Å².